The summed E-state index contributed by atoms with van der Waals surface area (Å²) < 4.78 is 16.1. The molecule has 0 unspecified atom stereocenters. The number of carbonyl (C=O) groups is 2. The van der Waals surface area contributed by atoms with E-state index in [2.05, 4.69) is 5.32 Å². The van der Waals surface area contributed by atoms with Crippen LogP contribution in [0.2, 0.25) is 0 Å². The summed E-state index contributed by atoms with van der Waals surface area (Å²) in [6.07, 6.45) is 0. The molecule has 1 aliphatic rings. The number of methoxy groups -OCH3 is 2. The molecule has 8 heteroatoms. The predicted octanol–water partition coefficient (Wildman–Crippen LogP) is 4.56. The molecule has 0 aliphatic carbocycles. The Balaban J connectivity index is 1.64. The maximum atomic E-state index is 13.4. The van der Waals surface area contributed by atoms with Gasteiger partial charge in [0.05, 0.1) is 32.9 Å². The molecule has 1 N–H and O–H groups in total. The molecule has 0 spiro atoms. The lowest BCUT2D eigenvalue weighted by atomic mass is 10.1. The van der Waals surface area contributed by atoms with Crippen molar-refractivity contribution in [1.29, 1.82) is 0 Å². The topological polar surface area (TPSA) is 77.1 Å². The van der Waals surface area contributed by atoms with Crippen molar-refractivity contribution in [2.75, 3.05) is 26.1 Å². The van der Waals surface area contributed by atoms with Gasteiger partial charge >= 0.3 is 0 Å². The Kier molecular flexibility index (Phi) is 6.65. The molecule has 0 bridgehead atoms. The number of anilines is 1. The molecule has 170 valence electrons. The van der Waals surface area contributed by atoms with Crippen molar-refractivity contribution in [2.24, 2.45) is 0 Å². The summed E-state index contributed by atoms with van der Waals surface area (Å²) in [6.45, 7) is 2.60. The van der Waals surface area contributed by atoms with Crippen molar-refractivity contribution in [3.05, 3.63) is 76.1 Å². The van der Waals surface area contributed by atoms with Crippen LogP contribution in [0.3, 0.4) is 0 Å². The minimum absolute atomic E-state index is 0.112. The molecule has 4 rings (SSSR count). The average Bonchev–Trinajstić information content (AvgIpc) is 3.43. The standard InChI is InChI=1S/C25H24N2O5S/c1-4-32-18-10-8-17(9-11-18)26-23-22(21-6-5-13-33-21)24(28)27(25(23)29)15-16-7-12-19(30-2)20(14-16)31-3/h5-14,26H,4,15H2,1-3H3. The first-order chi connectivity index (χ1) is 16.0. The second-order valence-electron chi connectivity index (χ2n) is 7.20. The minimum atomic E-state index is -0.382. The maximum absolute atomic E-state index is 13.4. The summed E-state index contributed by atoms with van der Waals surface area (Å²) in [6, 6.07) is 16.3. The van der Waals surface area contributed by atoms with Crippen LogP contribution in [0.25, 0.3) is 5.57 Å². The van der Waals surface area contributed by atoms with Gasteiger partial charge in [0.2, 0.25) is 0 Å². The Hall–Kier alpha value is -3.78. The zero-order valence-corrected chi connectivity index (χ0v) is 19.4. The van der Waals surface area contributed by atoms with E-state index in [4.69, 9.17) is 14.2 Å². The van der Waals surface area contributed by atoms with Gasteiger partial charge in [-0.25, -0.2) is 0 Å². The fraction of sp³-hybridized carbons (Fsp3) is 0.200. The van der Waals surface area contributed by atoms with Crippen LogP contribution in [-0.2, 0) is 16.1 Å². The first-order valence-electron chi connectivity index (χ1n) is 10.4. The van der Waals surface area contributed by atoms with Crippen molar-refractivity contribution < 1.29 is 23.8 Å². The fourth-order valence-electron chi connectivity index (χ4n) is 3.59. The SMILES string of the molecule is CCOc1ccc(NC2=C(c3cccs3)C(=O)N(Cc3ccc(OC)c(OC)c3)C2=O)cc1. The van der Waals surface area contributed by atoms with Gasteiger partial charge in [-0.05, 0) is 60.3 Å². The largest absolute Gasteiger partial charge is 0.494 e. The van der Waals surface area contributed by atoms with Crippen LogP contribution in [-0.4, -0.2) is 37.5 Å². The van der Waals surface area contributed by atoms with Crippen molar-refractivity contribution in [3.63, 3.8) is 0 Å². The third-order valence-corrected chi connectivity index (χ3v) is 6.05. The molecule has 33 heavy (non-hydrogen) atoms. The van der Waals surface area contributed by atoms with E-state index in [1.165, 1.54) is 16.2 Å². The van der Waals surface area contributed by atoms with E-state index in [0.29, 0.717) is 29.4 Å². The lowest BCUT2D eigenvalue weighted by Gasteiger charge is -2.17. The molecule has 7 nitrogen and oxygen atoms in total. The monoisotopic (exact) mass is 464 g/mol. The van der Waals surface area contributed by atoms with Crippen molar-refractivity contribution >= 4 is 34.4 Å². The van der Waals surface area contributed by atoms with Crippen LogP contribution >= 0.6 is 11.3 Å². The fourth-order valence-corrected chi connectivity index (χ4v) is 4.36. The Morgan fingerprint density at radius 2 is 1.70 bits per heavy atom. The second kappa shape index (κ2) is 9.79. The Bertz CT molecular complexity index is 1190. The molecule has 0 radical (unpaired) electrons. The molecule has 2 aromatic carbocycles. The van der Waals surface area contributed by atoms with E-state index in [1.807, 2.05) is 54.8 Å². The number of amides is 2. The van der Waals surface area contributed by atoms with Gasteiger partial charge in [0.15, 0.2) is 11.5 Å². The molecule has 3 aromatic rings. The molecule has 2 amide bonds. The summed E-state index contributed by atoms with van der Waals surface area (Å²) in [5, 5.41) is 5.04. The van der Waals surface area contributed by atoms with E-state index in [0.717, 1.165) is 16.2 Å². The Morgan fingerprint density at radius 1 is 0.939 bits per heavy atom. The van der Waals surface area contributed by atoms with Gasteiger partial charge in [0, 0.05) is 10.6 Å². The van der Waals surface area contributed by atoms with E-state index in [-0.39, 0.29) is 24.1 Å². The number of rotatable bonds is 9. The van der Waals surface area contributed by atoms with Crippen molar-refractivity contribution in [2.45, 2.75) is 13.5 Å². The van der Waals surface area contributed by atoms with Gasteiger partial charge in [-0.2, -0.15) is 0 Å². The van der Waals surface area contributed by atoms with E-state index < -0.39 is 0 Å². The van der Waals surface area contributed by atoms with Gasteiger partial charge in [0.1, 0.15) is 11.4 Å². The number of thiophene rings is 1. The van der Waals surface area contributed by atoms with Gasteiger partial charge in [0.25, 0.3) is 11.8 Å². The first kappa shape index (κ1) is 22.4. The number of hydrogen-bond donors (Lipinski definition) is 1. The zero-order chi connectivity index (χ0) is 23.4. The second-order valence-corrected chi connectivity index (χ2v) is 8.14. The zero-order valence-electron chi connectivity index (χ0n) is 18.6. The molecule has 0 saturated heterocycles. The number of ether oxygens (including phenoxy) is 3. The highest BCUT2D eigenvalue weighted by Crippen LogP contribution is 2.35. The van der Waals surface area contributed by atoms with Crippen LogP contribution in [0.15, 0.2) is 65.7 Å². The van der Waals surface area contributed by atoms with Crippen LogP contribution in [0, 0.1) is 0 Å². The van der Waals surface area contributed by atoms with Gasteiger partial charge in [-0.3, -0.25) is 14.5 Å². The average molecular weight is 465 g/mol. The third-order valence-electron chi connectivity index (χ3n) is 5.16. The van der Waals surface area contributed by atoms with Crippen LogP contribution < -0.4 is 19.5 Å². The van der Waals surface area contributed by atoms with Crippen LogP contribution in [0.1, 0.15) is 17.4 Å². The Labute approximate surface area is 196 Å². The Morgan fingerprint density at radius 3 is 2.33 bits per heavy atom. The molecule has 0 fully saturated rings. The highest BCUT2D eigenvalue weighted by atomic mass is 32.1. The van der Waals surface area contributed by atoms with Gasteiger partial charge in [-0.15, -0.1) is 11.3 Å². The lowest BCUT2D eigenvalue weighted by molar-refractivity contribution is -0.137. The maximum Gasteiger partial charge on any atom is 0.278 e. The number of nitrogens with zero attached hydrogens (tertiary/aromatic N) is 1. The number of nitrogens with one attached hydrogen (secondary N) is 1. The van der Waals surface area contributed by atoms with Crippen molar-refractivity contribution in [3.8, 4) is 17.2 Å². The highest BCUT2D eigenvalue weighted by molar-refractivity contribution is 7.11. The molecule has 2 heterocycles. The van der Waals surface area contributed by atoms with Gasteiger partial charge < -0.3 is 19.5 Å². The number of imide groups is 1. The normalized spacial score (nSPS) is 13.5. The van der Waals surface area contributed by atoms with E-state index in [1.54, 1.807) is 26.4 Å². The molecular formula is C25H24N2O5S. The first-order valence-corrected chi connectivity index (χ1v) is 11.3. The number of carbonyl (C=O) groups excluding carboxylic acids is 2. The third kappa shape index (κ3) is 4.56. The lowest BCUT2D eigenvalue weighted by Crippen LogP contribution is -2.32. The molecular weight excluding hydrogens is 440 g/mol. The quantitative estimate of drug-likeness (QED) is 0.468. The van der Waals surface area contributed by atoms with E-state index >= 15 is 0 Å². The molecule has 1 aromatic heterocycles. The summed E-state index contributed by atoms with van der Waals surface area (Å²) in [4.78, 5) is 28.7. The predicted molar refractivity (Wildman–Crippen MR) is 128 cm³/mol. The summed E-state index contributed by atoms with van der Waals surface area (Å²) in [5.74, 6) is 1.13. The molecule has 1 aliphatic heterocycles. The highest BCUT2D eigenvalue weighted by Gasteiger charge is 2.39. The number of hydrogen-bond acceptors (Lipinski definition) is 7. The number of benzene rings is 2. The smallest absolute Gasteiger partial charge is 0.278 e. The summed E-state index contributed by atoms with van der Waals surface area (Å²) in [5.41, 5.74) is 2.07. The molecule has 0 saturated carbocycles. The van der Waals surface area contributed by atoms with Crippen LogP contribution in [0.4, 0.5) is 5.69 Å². The van der Waals surface area contributed by atoms with E-state index in [9.17, 15) is 9.59 Å². The molecule has 0 atom stereocenters. The summed E-state index contributed by atoms with van der Waals surface area (Å²) >= 11 is 1.41. The van der Waals surface area contributed by atoms with Crippen molar-refractivity contribution in [1.82, 2.24) is 4.90 Å². The summed E-state index contributed by atoms with van der Waals surface area (Å²) in [7, 11) is 3.10. The van der Waals surface area contributed by atoms with Gasteiger partial charge in [-0.1, -0.05) is 12.1 Å². The minimum Gasteiger partial charge on any atom is -0.494 e. The van der Waals surface area contributed by atoms with Crippen LogP contribution in [0.5, 0.6) is 17.2 Å².